The minimum Gasteiger partial charge on any atom is -0.328 e. The minimum atomic E-state index is -2.35. The predicted octanol–water partition coefficient (Wildman–Crippen LogP) is 3.01. The fourth-order valence-electron chi connectivity index (χ4n) is 0.336. The molecular formula is C4H9Br2O2P. The van der Waals surface area contributed by atoms with Crippen LogP contribution < -0.4 is 0 Å². The summed E-state index contributed by atoms with van der Waals surface area (Å²) in [6, 6.07) is 0. The molecule has 0 rings (SSSR count). The van der Waals surface area contributed by atoms with Gasteiger partial charge < -0.3 is 4.52 Å². The summed E-state index contributed by atoms with van der Waals surface area (Å²) < 4.78 is 16.2. The van der Waals surface area contributed by atoms with Crippen molar-refractivity contribution in [3.63, 3.8) is 0 Å². The third kappa shape index (κ3) is 3.76. The molecule has 0 unspecified atom stereocenters. The van der Waals surface area contributed by atoms with Gasteiger partial charge in [-0.15, -0.1) is 0 Å². The Morgan fingerprint density at radius 2 is 1.89 bits per heavy atom. The van der Waals surface area contributed by atoms with Gasteiger partial charge in [-0.1, -0.05) is 31.9 Å². The quantitative estimate of drug-likeness (QED) is 0.584. The SMILES string of the molecule is CCOP(=O)(CBr)CBr. The summed E-state index contributed by atoms with van der Waals surface area (Å²) in [6.45, 7) is 2.34. The number of rotatable bonds is 4. The molecule has 0 heterocycles. The molecule has 0 atom stereocenters. The molecule has 0 saturated carbocycles. The van der Waals surface area contributed by atoms with E-state index in [9.17, 15) is 4.57 Å². The maximum absolute atomic E-state index is 11.2. The Bertz CT molecular complexity index is 109. The summed E-state index contributed by atoms with van der Waals surface area (Å²) >= 11 is 6.23. The zero-order valence-corrected chi connectivity index (χ0v) is 9.21. The third-order valence-electron chi connectivity index (χ3n) is 0.729. The van der Waals surface area contributed by atoms with E-state index in [2.05, 4.69) is 31.9 Å². The molecule has 0 aromatic carbocycles. The molecule has 0 spiro atoms. The van der Waals surface area contributed by atoms with Crippen LogP contribution >= 0.6 is 39.2 Å². The van der Waals surface area contributed by atoms with Crippen molar-refractivity contribution >= 4 is 39.2 Å². The first-order valence-electron chi connectivity index (χ1n) is 2.53. The van der Waals surface area contributed by atoms with E-state index in [4.69, 9.17) is 4.52 Å². The van der Waals surface area contributed by atoms with Crippen molar-refractivity contribution in [2.45, 2.75) is 6.92 Å². The van der Waals surface area contributed by atoms with Gasteiger partial charge in [-0.25, -0.2) is 0 Å². The number of alkyl halides is 2. The Morgan fingerprint density at radius 3 is 2.00 bits per heavy atom. The van der Waals surface area contributed by atoms with Crippen LogP contribution in [-0.4, -0.2) is 16.7 Å². The van der Waals surface area contributed by atoms with Crippen molar-refractivity contribution in [1.82, 2.24) is 0 Å². The van der Waals surface area contributed by atoms with E-state index >= 15 is 0 Å². The van der Waals surface area contributed by atoms with Gasteiger partial charge in [0.1, 0.15) is 0 Å². The average molecular weight is 280 g/mol. The molecule has 0 amide bonds. The second-order valence-electron chi connectivity index (χ2n) is 1.47. The summed E-state index contributed by atoms with van der Waals surface area (Å²) in [5, 5.41) is 0.859. The number of hydrogen-bond donors (Lipinski definition) is 0. The molecule has 5 heteroatoms. The van der Waals surface area contributed by atoms with Gasteiger partial charge in [-0.2, -0.15) is 0 Å². The molecule has 0 bridgehead atoms. The molecule has 9 heavy (non-hydrogen) atoms. The van der Waals surface area contributed by atoms with Gasteiger partial charge in [-0.3, -0.25) is 4.57 Å². The van der Waals surface area contributed by atoms with Gasteiger partial charge in [-0.05, 0) is 6.92 Å². The number of halogens is 2. The van der Waals surface area contributed by atoms with Crippen LogP contribution in [0.4, 0.5) is 0 Å². The van der Waals surface area contributed by atoms with Gasteiger partial charge in [0.15, 0.2) is 0 Å². The maximum atomic E-state index is 11.2. The van der Waals surface area contributed by atoms with Gasteiger partial charge in [0.05, 0.1) is 16.7 Å². The van der Waals surface area contributed by atoms with E-state index in [0.717, 1.165) is 0 Å². The Labute approximate surface area is 72.1 Å². The first-order valence-corrected chi connectivity index (χ1v) is 6.77. The zero-order chi connectivity index (χ0) is 7.33. The molecule has 56 valence electrons. The van der Waals surface area contributed by atoms with Crippen LogP contribution in [0.3, 0.4) is 0 Å². The van der Waals surface area contributed by atoms with E-state index in [-0.39, 0.29) is 0 Å². The predicted molar refractivity (Wildman–Crippen MR) is 46.8 cm³/mol. The van der Waals surface area contributed by atoms with Crippen LogP contribution in [0.1, 0.15) is 6.92 Å². The lowest BCUT2D eigenvalue weighted by molar-refractivity contribution is 0.340. The van der Waals surface area contributed by atoms with Crippen molar-refractivity contribution in [1.29, 1.82) is 0 Å². The molecule has 0 saturated heterocycles. The van der Waals surface area contributed by atoms with Crippen molar-refractivity contribution in [3.05, 3.63) is 0 Å². The molecule has 0 N–H and O–H groups in total. The van der Waals surface area contributed by atoms with E-state index in [1.807, 2.05) is 6.92 Å². The fraction of sp³-hybridized carbons (Fsp3) is 1.00. The van der Waals surface area contributed by atoms with Gasteiger partial charge >= 0.3 is 0 Å². The van der Waals surface area contributed by atoms with Crippen LogP contribution in [0.25, 0.3) is 0 Å². The van der Waals surface area contributed by atoms with E-state index in [0.29, 0.717) is 16.7 Å². The Hall–Kier alpha value is 1.15. The van der Waals surface area contributed by atoms with E-state index in [1.54, 1.807) is 0 Å². The first kappa shape index (κ1) is 10.2. The van der Waals surface area contributed by atoms with Gasteiger partial charge in [0.2, 0.25) is 7.37 Å². The molecule has 0 radical (unpaired) electrons. The van der Waals surface area contributed by atoms with Crippen LogP contribution in [0.2, 0.25) is 0 Å². The lowest BCUT2D eigenvalue weighted by Gasteiger charge is -2.10. The monoisotopic (exact) mass is 278 g/mol. The highest BCUT2D eigenvalue weighted by molar-refractivity contribution is 9.12. The molecule has 0 aliphatic rings. The third-order valence-corrected chi connectivity index (χ3v) is 6.77. The normalized spacial score (nSPS) is 11.9. The second kappa shape index (κ2) is 4.89. The van der Waals surface area contributed by atoms with Crippen LogP contribution in [0.5, 0.6) is 0 Å². The van der Waals surface area contributed by atoms with Crippen molar-refractivity contribution < 1.29 is 9.09 Å². The van der Waals surface area contributed by atoms with Crippen molar-refractivity contribution in [2.24, 2.45) is 0 Å². The van der Waals surface area contributed by atoms with Crippen molar-refractivity contribution in [3.8, 4) is 0 Å². The summed E-state index contributed by atoms with van der Waals surface area (Å²) in [4.78, 5) is 0. The fourth-order valence-corrected chi connectivity index (χ4v) is 4.37. The molecule has 2 nitrogen and oxygen atoms in total. The van der Waals surface area contributed by atoms with Gasteiger partial charge in [0, 0.05) is 0 Å². The Morgan fingerprint density at radius 1 is 1.44 bits per heavy atom. The Balaban J connectivity index is 3.78. The summed E-state index contributed by atoms with van der Waals surface area (Å²) in [5.74, 6) is 0. The standard InChI is InChI=1S/C4H9Br2O2P/c1-2-8-9(7,3-5)4-6/h2-4H2,1H3. The lowest BCUT2D eigenvalue weighted by Crippen LogP contribution is -1.90. The average Bonchev–Trinajstić information content (AvgIpc) is 1.89. The first-order chi connectivity index (χ1) is 4.18. The largest absolute Gasteiger partial charge is 0.328 e. The molecule has 0 fully saturated rings. The van der Waals surface area contributed by atoms with E-state index in [1.165, 1.54) is 0 Å². The maximum Gasteiger partial charge on any atom is 0.223 e. The number of hydrogen-bond acceptors (Lipinski definition) is 2. The zero-order valence-electron chi connectivity index (χ0n) is 5.14. The highest BCUT2D eigenvalue weighted by Crippen LogP contribution is 2.49. The summed E-state index contributed by atoms with van der Waals surface area (Å²) in [7, 11) is -2.35. The smallest absolute Gasteiger partial charge is 0.223 e. The van der Waals surface area contributed by atoms with Crippen LogP contribution in [0.15, 0.2) is 0 Å². The molecule has 0 aromatic rings. The highest BCUT2D eigenvalue weighted by atomic mass is 79.9. The summed E-state index contributed by atoms with van der Waals surface area (Å²) in [5.41, 5.74) is 0. The molecular weight excluding hydrogens is 271 g/mol. The topological polar surface area (TPSA) is 26.3 Å². The lowest BCUT2D eigenvalue weighted by atomic mass is 10.9. The molecule has 0 aromatic heterocycles. The summed E-state index contributed by atoms with van der Waals surface area (Å²) in [6.07, 6.45) is 0. The second-order valence-corrected chi connectivity index (χ2v) is 6.85. The van der Waals surface area contributed by atoms with Crippen molar-refractivity contribution in [2.75, 3.05) is 16.7 Å². The Kier molecular flexibility index (Phi) is 5.51. The molecule has 0 aliphatic carbocycles. The van der Waals surface area contributed by atoms with Crippen LogP contribution in [-0.2, 0) is 9.09 Å². The van der Waals surface area contributed by atoms with Crippen LogP contribution in [0, 0.1) is 0 Å². The van der Waals surface area contributed by atoms with Gasteiger partial charge in [0.25, 0.3) is 0 Å². The van der Waals surface area contributed by atoms with E-state index < -0.39 is 7.37 Å². The molecule has 0 aliphatic heterocycles. The minimum absolute atomic E-state index is 0.430. The highest BCUT2D eigenvalue weighted by Gasteiger charge is 2.17.